The lowest BCUT2D eigenvalue weighted by atomic mass is 10.0. The molecule has 0 aliphatic rings. The fourth-order valence-electron chi connectivity index (χ4n) is 4.39. The molecule has 0 saturated heterocycles. The second-order valence-electron chi connectivity index (χ2n) is 9.40. The van der Waals surface area contributed by atoms with Gasteiger partial charge in [0.1, 0.15) is 29.8 Å². The molecule has 40 heavy (non-hydrogen) atoms. The summed E-state index contributed by atoms with van der Waals surface area (Å²) in [5.41, 5.74) is 4.53. The maximum absolute atomic E-state index is 13.1. The van der Waals surface area contributed by atoms with Gasteiger partial charge in [0.2, 0.25) is 0 Å². The first kappa shape index (κ1) is 27.0. The molecule has 1 amide bonds. The summed E-state index contributed by atoms with van der Waals surface area (Å²) in [4.78, 5) is 25.1. The second kappa shape index (κ2) is 11.6. The van der Waals surface area contributed by atoms with Crippen LogP contribution in [-0.4, -0.2) is 23.0 Å². The Morgan fingerprint density at radius 3 is 2.25 bits per heavy atom. The number of hydrogen-bond donors (Lipinski definition) is 2. The molecule has 0 aliphatic heterocycles. The molecular weight excluding hydrogens is 533 g/mol. The van der Waals surface area contributed by atoms with E-state index in [4.69, 9.17) is 20.8 Å². The number of carbonyl (C=O) groups excluding carboxylic acids is 1. The molecule has 0 bridgehead atoms. The number of carboxylic acid groups (broad SMARTS) is 1. The quantitative estimate of drug-likeness (QED) is 0.200. The van der Waals surface area contributed by atoms with Gasteiger partial charge in [0, 0.05) is 22.4 Å². The van der Waals surface area contributed by atoms with Gasteiger partial charge in [0.15, 0.2) is 5.76 Å². The Bertz CT molecular complexity index is 1660. The normalized spacial score (nSPS) is 11.8. The Morgan fingerprint density at radius 2 is 1.57 bits per heavy atom. The Morgan fingerprint density at radius 1 is 0.925 bits per heavy atom. The van der Waals surface area contributed by atoms with Crippen molar-refractivity contribution in [1.82, 2.24) is 5.32 Å². The number of halogens is 2. The average Bonchev–Trinajstić information content (AvgIpc) is 3.29. The van der Waals surface area contributed by atoms with E-state index in [-0.39, 0.29) is 24.6 Å². The van der Waals surface area contributed by atoms with Crippen LogP contribution in [0.25, 0.3) is 22.1 Å². The molecule has 0 fully saturated rings. The molecule has 8 heteroatoms. The van der Waals surface area contributed by atoms with Gasteiger partial charge < -0.3 is 19.6 Å². The Labute approximate surface area is 235 Å². The molecule has 1 atom stereocenters. The van der Waals surface area contributed by atoms with Gasteiger partial charge >= 0.3 is 5.97 Å². The monoisotopic (exact) mass is 557 g/mol. The molecule has 0 unspecified atom stereocenters. The van der Waals surface area contributed by atoms with E-state index >= 15 is 0 Å². The van der Waals surface area contributed by atoms with E-state index in [1.165, 1.54) is 12.1 Å². The molecule has 202 valence electrons. The van der Waals surface area contributed by atoms with Crippen LogP contribution in [0.2, 0.25) is 5.02 Å². The third kappa shape index (κ3) is 6.16. The highest BCUT2D eigenvalue weighted by atomic mass is 35.5. The van der Waals surface area contributed by atoms with Gasteiger partial charge in [-0.3, -0.25) is 4.79 Å². The van der Waals surface area contributed by atoms with Crippen LogP contribution in [0, 0.1) is 12.7 Å². The Balaban J connectivity index is 1.26. The zero-order valence-electron chi connectivity index (χ0n) is 21.5. The topological polar surface area (TPSA) is 88.8 Å². The highest BCUT2D eigenvalue weighted by molar-refractivity contribution is 6.30. The number of benzene rings is 4. The molecule has 5 aromatic rings. The second-order valence-corrected chi connectivity index (χ2v) is 9.84. The van der Waals surface area contributed by atoms with Crippen molar-refractivity contribution in [2.24, 2.45) is 0 Å². The average molecular weight is 558 g/mol. The zero-order chi connectivity index (χ0) is 28.2. The van der Waals surface area contributed by atoms with Crippen LogP contribution >= 0.6 is 11.6 Å². The summed E-state index contributed by atoms with van der Waals surface area (Å²) in [6.45, 7) is 2.04. The van der Waals surface area contributed by atoms with E-state index in [9.17, 15) is 19.1 Å². The molecule has 0 spiro atoms. The number of hydrogen-bond acceptors (Lipinski definition) is 4. The maximum Gasteiger partial charge on any atom is 0.326 e. The van der Waals surface area contributed by atoms with Gasteiger partial charge in [-0.1, -0.05) is 60.1 Å². The van der Waals surface area contributed by atoms with Gasteiger partial charge in [0.25, 0.3) is 5.91 Å². The molecular formula is C32H25ClFNO5. The first-order valence-electron chi connectivity index (χ1n) is 12.6. The van der Waals surface area contributed by atoms with Crippen molar-refractivity contribution in [1.29, 1.82) is 0 Å². The summed E-state index contributed by atoms with van der Waals surface area (Å²) in [6.07, 6.45) is 0.0688. The highest BCUT2D eigenvalue weighted by Crippen LogP contribution is 2.30. The van der Waals surface area contributed by atoms with Crippen LogP contribution in [0.5, 0.6) is 5.75 Å². The maximum atomic E-state index is 13.1. The minimum absolute atomic E-state index is 0.0686. The summed E-state index contributed by atoms with van der Waals surface area (Å²) < 4.78 is 24.7. The van der Waals surface area contributed by atoms with Crippen molar-refractivity contribution in [3.05, 3.63) is 124 Å². The van der Waals surface area contributed by atoms with Gasteiger partial charge in [-0.25, -0.2) is 9.18 Å². The Kier molecular flexibility index (Phi) is 7.84. The minimum Gasteiger partial charge on any atom is -0.489 e. The van der Waals surface area contributed by atoms with E-state index in [2.05, 4.69) is 5.32 Å². The third-order valence-corrected chi connectivity index (χ3v) is 6.86. The van der Waals surface area contributed by atoms with E-state index in [0.29, 0.717) is 27.5 Å². The van der Waals surface area contributed by atoms with E-state index < -0.39 is 17.9 Å². The fraction of sp³-hybridized carbons (Fsp3) is 0.125. The molecule has 2 N–H and O–H groups in total. The predicted octanol–water partition coefficient (Wildman–Crippen LogP) is 7.21. The molecule has 6 nitrogen and oxygen atoms in total. The van der Waals surface area contributed by atoms with Crippen molar-refractivity contribution in [2.45, 2.75) is 26.0 Å². The molecule has 4 aromatic carbocycles. The fourth-order valence-corrected chi connectivity index (χ4v) is 4.52. The number of aryl methyl sites for hydroxylation is 1. The molecule has 0 saturated carbocycles. The minimum atomic E-state index is -1.17. The summed E-state index contributed by atoms with van der Waals surface area (Å²) >= 11 is 5.99. The van der Waals surface area contributed by atoms with E-state index in [1.54, 1.807) is 55.5 Å². The van der Waals surface area contributed by atoms with Crippen LogP contribution in [0.15, 0.2) is 95.4 Å². The lowest BCUT2D eigenvalue weighted by Gasteiger charge is -2.14. The molecule has 1 aromatic heterocycles. The number of fused-ring (bicyclic) bond motifs is 1. The number of rotatable bonds is 9. The summed E-state index contributed by atoms with van der Waals surface area (Å²) in [7, 11) is 0. The van der Waals surface area contributed by atoms with Gasteiger partial charge in [0.05, 0.1) is 0 Å². The van der Waals surface area contributed by atoms with Gasteiger partial charge in [-0.15, -0.1) is 0 Å². The van der Waals surface area contributed by atoms with Crippen LogP contribution in [-0.2, 0) is 17.8 Å². The van der Waals surface area contributed by atoms with Crippen molar-refractivity contribution in [3.63, 3.8) is 0 Å². The van der Waals surface area contributed by atoms with Crippen molar-refractivity contribution < 1.29 is 28.2 Å². The molecule has 1 heterocycles. The van der Waals surface area contributed by atoms with Crippen molar-refractivity contribution in [3.8, 4) is 16.9 Å². The summed E-state index contributed by atoms with van der Waals surface area (Å²) in [6, 6.07) is 24.8. The Hall–Kier alpha value is -4.62. The van der Waals surface area contributed by atoms with E-state index in [0.717, 1.165) is 22.1 Å². The van der Waals surface area contributed by atoms with Gasteiger partial charge in [-0.05, 0) is 71.6 Å². The molecule has 0 radical (unpaired) electrons. The van der Waals surface area contributed by atoms with Crippen LogP contribution in [0.4, 0.5) is 4.39 Å². The van der Waals surface area contributed by atoms with Crippen molar-refractivity contribution in [2.75, 3.05) is 0 Å². The smallest absolute Gasteiger partial charge is 0.326 e. The highest BCUT2D eigenvalue weighted by Gasteiger charge is 2.25. The lowest BCUT2D eigenvalue weighted by Crippen LogP contribution is -2.42. The third-order valence-electron chi connectivity index (χ3n) is 6.61. The number of furan rings is 1. The zero-order valence-corrected chi connectivity index (χ0v) is 22.2. The predicted molar refractivity (Wildman–Crippen MR) is 151 cm³/mol. The number of aliphatic carboxylic acids is 1. The largest absolute Gasteiger partial charge is 0.489 e. The summed E-state index contributed by atoms with van der Waals surface area (Å²) in [5, 5.41) is 13.8. The van der Waals surface area contributed by atoms with E-state index in [1.807, 2.05) is 30.3 Å². The van der Waals surface area contributed by atoms with Crippen LogP contribution in [0.3, 0.4) is 0 Å². The number of carboxylic acids is 1. The number of amides is 1. The number of carbonyl (C=O) groups is 2. The van der Waals surface area contributed by atoms with Crippen molar-refractivity contribution >= 4 is 34.4 Å². The first-order chi connectivity index (χ1) is 19.3. The molecule has 0 aliphatic carbocycles. The van der Waals surface area contributed by atoms with Crippen LogP contribution in [0.1, 0.15) is 27.2 Å². The first-order valence-corrected chi connectivity index (χ1v) is 12.9. The molecule has 5 rings (SSSR count). The van der Waals surface area contributed by atoms with Crippen LogP contribution < -0.4 is 10.1 Å². The number of nitrogens with one attached hydrogen (secondary N) is 1. The summed E-state index contributed by atoms with van der Waals surface area (Å²) in [5.74, 6) is -1.43. The van der Waals surface area contributed by atoms with Gasteiger partial charge in [-0.2, -0.15) is 0 Å². The standard InChI is InChI=1S/C32H25ClFNO5/c1-19-27-15-8-23(22-6-9-24(33)10-7-22)17-29(27)40-30(19)31(36)35-28(32(37)38)16-20-4-13-26(14-5-20)39-18-21-2-11-25(34)12-3-21/h2-15,17,28H,16,18H2,1H3,(H,35,36)(H,37,38)/t28-/m0/s1. The lowest BCUT2D eigenvalue weighted by molar-refractivity contribution is -0.139. The number of ether oxygens (including phenoxy) is 1. The SMILES string of the molecule is Cc1c(C(=O)N[C@@H](Cc2ccc(OCc3ccc(F)cc3)cc2)C(=O)O)oc2cc(-c3ccc(Cl)cc3)ccc12.